The van der Waals surface area contributed by atoms with Crippen molar-refractivity contribution >= 4 is 29.7 Å². The number of likely N-dealkylation sites (tertiary alicyclic amines) is 1. The number of carbonyl (C=O) groups excluding carboxylic acids is 1. The largest absolute Gasteiger partial charge is 0.494 e. The quantitative estimate of drug-likeness (QED) is 0.526. The van der Waals surface area contributed by atoms with E-state index in [-0.39, 0.29) is 41.7 Å². The maximum atomic E-state index is 12.3. The first-order valence-corrected chi connectivity index (χ1v) is 9.13. The highest BCUT2D eigenvalue weighted by Crippen LogP contribution is 2.29. The van der Waals surface area contributed by atoms with Gasteiger partial charge in [0.2, 0.25) is 5.91 Å². The van der Waals surface area contributed by atoms with Gasteiger partial charge in [-0.2, -0.15) is 0 Å². The topological polar surface area (TPSA) is 111 Å². The van der Waals surface area contributed by atoms with Crippen LogP contribution < -0.4 is 15.8 Å². The molecule has 0 bridgehead atoms. The molecule has 29 heavy (non-hydrogen) atoms. The van der Waals surface area contributed by atoms with Crippen LogP contribution in [0, 0.1) is 10.1 Å². The third-order valence-electron chi connectivity index (χ3n) is 4.99. The van der Waals surface area contributed by atoms with Crippen LogP contribution in [-0.4, -0.2) is 48.5 Å². The van der Waals surface area contributed by atoms with Crippen molar-refractivity contribution in [2.24, 2.45) is 5.73 Å². The summed E-state index contributed by atoms with van der Waals surface area (Å²) < 4.78 is 5.15. The molecule has 1 saturated heterocycles. The van der Waals surface area contributed by atoms with E-state index in [0.29, 0.717) is 18.7 Å². The molecule has 2 aromatic rings. The van der Waals surface area contributed by atoms with Gasteiger partial charge in [0.05, 0.1) is 23.8 Å². The van der Waals surface area contributed by atoms with Crippen LogP contribution in [0.2, 0.25) is 0 Å². The molecule has 0 spiro atoms. The minimum atomic E-state index is -0.506. The molecule has 0 aliphatic carbocycles. The second kappa shape index (κ2) is 10.2. The fourth-order valence-electron chi connectivity index (χ4n) is 3.52. The number of anilines is 1. The van der Waals surface area contributed by atoms with E-state index in [0.717, 1.165) is 13.1 Å². The Morgan fingerprint density at radius 3 is 2.66 bits per heavy atom. The molecule has 3 N–H and O–H groups in total. The van der Waals surface area contributed by atoms with Gasteiger partial charge in [-0.3, -0.25) is 14.9 Å². The van der Waals surface area contributed by atoms with Gasteiger partial charge in [0.15, 0.2) is 0 Å². The molecule has 0 radical (unpaired) electrons. The summed E-state index contributed by atoms with van der Waals surface area (Å²) >= 11 is 0. The van der Waals surface area contributed by atoms with Gasteiger partial charge in [-0.15, -0.1) is 12.4 Å². The average Bonchev–Trinajstić information content (AvgIpc) is 3.08. The molecule has 1 aliphatic rings. The predicted octanol–water partition coefficient (Wildman–Crippen LogP) is 2.78. The summed E-state index contributed by atoms with van der Waals surface area (Å²) in [5.74, 6) is 0.345. The Kier molecular flexibility index (Phi) is 7.95. The van der Waals surface area contributed by atoms with Crippen LogP contribution in [0.5, 0.6) is 5.75 Å². The Hall–Kier alpha value is -2.68. The molecular weight excluding hydrogens is 396 g/mol. The summed E-state index contributed by atoms with van der Waals surface area (Å²) in [7, 11) is 1.41. The second-order valence-corrected chi connectivity index (χ2v) is 6.88. The monoisotopic (exact) mass is 420 g/mol. The standard InChI is InChI=1S/C20H24N4O4.ClH/c1-28-19-11-15(24(26)27)7-8-18(19)22-20(25)9-10-23-12-16(17(21)13-23)14-5-3-2-4-6-14;/h2-8,11,16-17H,9-10,12-13,21H2,1H3,(H,22,25);1H/t16-,17+;/m0./s1. The second-order valence-electron chi connectivity index (χ2n) is 6.88. The van der Waals surface area contributed by atoms with Crippen LogP contribution in [0.3, 0.4) is 0 Å². The lowest BCUT2D eigenvalue weighted by Gasteiger charge is -2.16. The molecule has 2 atom stereocenters. The summed E-state index contributed by atoms with van der Waals surface area (Å²) in [4.78, 5) is 24.9. The SMILES string of the molecule is COc1cc([N+](=O)[O-])ccc1NC(=O)CCN1C[C@@H](N)[C@H](c2ccccc2)C1.Cl. The molecular formula is C20H25ClN4O4. The van der Waals surface area contributed by atoms with E-state index in [9.17, 15) is 14.9 Å². The normalized spacial score (nSPS) is 18.7. The average molecular weight is 421 g/mol. The summed E-state index contributed by atoms with van der Waals surface area (Å²) in [5.41, 5.74) is 7.84. The van der Waals surface area contributed by atoms with Crippen LogP contribution in [0.4, 0.5) is 11.4 Å². The Bertz CT molecular complexity index is 850. The fourth-order valence-corrected chi connectivity index (χ4v) is 3.52. The molecule has 2 aromatic carbocycles. The zero-order chi connectivity index (χ0) is 20.1. The number of rotatable bonds is 7. The van der Waals surface area contributed by atoms with Crippen LogP contribution in [0.1, 0.15) is 17.9 Å². The maximum absolute atomic E-state index is 12.3. The number of nitrogens with two attached hydrogens (primary N) is 1. The summed E-state index contributed by atoms with van der Waals surface area (Å²) in [6, 6.07) is 14.3. The van der Waals surface area contributed by atoms with Crippen molar-refractivity contribution < 1.29 is 14.5 Å². The molecule has 1 fully saturated rings. The van der Waals surface area contributed by atoms with Gasteiger partial charge < -0.3 is 20.7 Å². The molecule has 0 aromatic heterocycles. The van der Waals surface area contributed by atoms with Crippen LogP contribution in [0.25, 0.3) is 0 Å². The first-order valence-electron chi connectivity index (χ1n) is 9.13. The predicted molar refractivity (Wildman–Crippen MR) is 114 cm³/mol. The summed E-state index contributed by atoms with van der Waals surface area (Å²) in [6.07, 6.45) is 0.300. The van der Waals surface area contributed by atoms with E-state index in [1.807, 2.05) is 18.2 Å². The van der Waals surface area contributed by atoms with Crippen LogP contribution >= 0.6 is 12.4 Å². The highest BCUT2D eigenvalue weighted by atomic mass is 35.5. The number of nitro benzene ring substituents is 1. The summed E-state index contributed by atoms with van der Waals surface area (Å²) in [5, 5.41) is 13.6. The van der Waals surface area contributed by atoms with E-state index in [1.165, 1.54) is 30.9 Å². The van der Waals surface area contributed by atoms with E-state index in [4.69, 9.17) is 10.5 Å². The van der Waals surface area contributed by atoms with Crippen molar-refractivity contribution in [3.63, 3.8) is 0 Å². The lowest BCUT2D eigenvalue weighted by atomic mass is 9.95. The number of benzene rings is 2. The number of non-ortho nitro benzene ring substituents is 1. The van der Waals surface area contributed by atoms with E-state index < -0.39 is 4.92 Å². The lowest BCUT2D eigenvalue weighted by Crippen LogP contribution is -2.30. The van der Waals surface area contributed by atoms with Gasteiger partial charge in [-0.1, -0.05) is 30.3 Å². The minimum Gasteiger partial charge on any atom is -0.494 e. The molecule has 1 heterocycles. The molecule has 0 saturated carbocycles. The molecule has 0 unspecified atom stereocenters. The maximum Gasteiger partial charge on any atom is 0.273 e. The van der Waals surface area contributed by atoms with Crippen LogP contribution in [0.15, 0.2) is 48.5 Å². The number of ether oxygens (including phenoxy) is 1. The molecule has 9 heteroatoms. The van der Waals surface area contributed by atoms with Gasteiger partial charge in [0.1, 0.15) is 5.75 Å². The zero-order valence-corrected chi connectivity index (χ0v) is 16.9. The number of halogens is 1. The van der Waals surface area contributed by atoms with Gasteiger partial charge in [0.25, 0.3) is 5.69 Å². The highest BCUT2D eigenvalue weighted by molar-refractivity contribution is 5.92. The van der Waals surface area contributed by atoms with E-state index in [1.54, 1.807) is 0 Å². The number of nitro groups is 1. The van der Waals surface area contributed by atoms with Gasteiger partial charge in [-0.05, 0) is 11.6 Å². The Morgan fingerprint density at radius 2 is 2.00 bits per heavy atom. The minimum absolute atomic E-state index is 0. The zero-order valence-electron chi connectivity index (χ0n) is 16.1. The van der Waals surface area contributed by atoms with Gasteiger partial charge in [0, 0.05) is 44.1 Å². The number of amides is 1. The number of hydrogen-bond acceptors (Lipinski definition) is 6. The molecule has 1 aliphatic heterocycles. The van der Waals surface area contributed by atoms with Crippen molar-refractivity contribution in [2.75, 3.05) is 32.1 Å². The summed E-state index contributed by atoms with van der Waals surface area (Å²) in [6.45, 7) is 2.16. The Labute approximate surface area is 175 Å². The third-order valence-corrected chi connectivity index (χ3v) is 4.99. The van der Waals surface area contributed by atoms with E-state index >= 15 is 0 Å². The number of methoxy groups -OCH3 is 1. The fraction of sp³-hybridized carbons (Fsp3) is 0.350. The number of nitrogens with one attached hydrogen (secondary N) is 1. The van der Waals surface area contributed by atoms with Crippen molar-refractivity contribution in [3.05, 3.63) is 64.2 Å². The highest BCUT2D eigenvalue weighted by Gasteiger charge is 2.31. The first-order chi connectivity index (χ1) is 13.5. The van der Waals surface area contributed by atoms with Crippen molar-refractivity contribution in [2.45, 2.75) is 18.4 Å². The number of hydrogen-bond donors (Lipinski definition) is 2. The Balaban J connectivity index is 0.00000300. The van der Waals surface area contributed by atoms with Gasteiger partial charge in [-0.25, -0.2) is 0 Å². The lowest BCUT2D eigenvalue weighted by molar-refractivity contribution is -0.384. The van der Waals surface area contributed by atoms with Crippen molar-refractivity contribution in [1.29, 1.82) is 0 Å². The molecule has 8 nitrogen and oxygen atoms in total. The van der Waals surface area contributed by atoms with Crippen LogP contribution in [-0.2, 0) is 4.79 Å². The number of nitrogens with zero attached hydrogens (tertiary/aromatic N) is 2. The molecule has 1 amide bonds. The smallest absolute Gasteiger partial charge is 0.273 e. The first kappa shape index (κ1) is 22.6. The Morgan fingerprint density at radius 1 is 1.28 bits per heavy atom. The molecule has 156 valence electrons. The van der Waals surface area contributed by atoms with Gasteiger partial charge >= 0.3 is 0 Å². The molecule has 3 rings (SSSR count). The van der Waals surface area contributed by atoms with Crippen molar-refractivity contribution in [1.82, 2.24) is 4.90 Å². The van der Waals surface area contributed by atoms with E-state index in [2.05, 4.69) is 22.3 Å². The van der Waals surface area contributed by atoms with Crippen molar-refractivity contribution in [3.8, 4) is 5.75 Å². The number of carbonyl (C=O) groups is 1. The third kappa shape index (κ3) is 5.66.